The number of aromatic nitrogens is 3. The third-order valence-corrected chi connectivity index (χ3v) is 4.93. The number of carbonyl (C=O) groups excluding carboxylic acids is 1. The number of carbonyl (C=O) groups is 1. The monoisotopic (exact) mass is 379 g/mol. The maximum Gasteiger partial charge on any atom is 0.273 e. The van der Waals surface area contributed by atoms with Gasteiger partial charge in [0.2, 0.25) is 0 Å². The van der Waals surface area contributed by atoms with Gasteiger partial charge >= 0.3 is 0 Å². The van der Waals surface area contributed by atoms with Crippen molar-refractivity contribution in [2.24, 2.45) is 0 Å². The summed E-state index contributed by atoms with van der Waals surface area (Å²) in [6, 6.07) is 4.37. The first-order chi connectivity index (χ1) is 12.5. The van der Waals surface area contributed by atoms with Crippen molar-refractivity contribution in [2.75, 3.05) is 19.6 Å². The summed E-state index contributed by atoms with van der Waals surface area (Å²) in [5.74, 6) is -0.599. The number of hydrogen-bond acceptors (Lipinski definition) is 4. The van der Waals surface area contributed by atoms with Gasteiger partial charge in [-0.2, -0.15) is 0 Å². The van der Waals surface area contributed by atoms with Crippen molar-refractivity contribution in [1.29, 1.82) is 0 Å². The number of nitrogens with zero attached hydrogens (tertiary/aromatic N) is 4. The Morgan fingerprint density at radius 1 is 1.38 bits per heavy atom. The van der Waals surface area contributed by atoms with Crippen molar-refractivity contribution < 1.29 is 9.18 Å². The highest BCUT2D eigenvalue weighted by atomic mass is 35.5. The lowest BCUT2D eigenvalue weighted by Crippen LogP contribution is -2.44. The summed E-state index contributed by atoms with van der Waals surface area (Å²) in [5, 5.41) is 11.3. The Kier molecular flexibility index (Phi) is 6.21. The van der Waals surface area contributed by atoms with Crippen LogP contribution in [0.5, 0.6) is 0 Å². The van der Waals surface area contributed by atoms with Crippen LogP contribution < -0.4 is 5.32 Å². The van der Waals surface area contributed by atoms with Gasteiger partial charge in [-0.15, -0.1) is 5.10 Å². The highest BCUT2D eigenvalue weighted by Crippen LogP contribution is 2.18. The number of nitrogens with one attached hydrogen (secondary N) is 1. The van der Waals surface area contributed by atoms with Crippen LogP contribution in [0.1, 0.15) is 42.2 Å². The van der Waals surface area contributed by atoms with Crippen molar-refractivity contribution >= 4 is 17.5 Å². The fraction of sp³-hybridized carbons (Fsp3) is 0.500. The Hall–Kier alpha value is -1.99. The van der Waals surface area contributed by atoms with Crippen molar-refractivity contribution in [3.05, 3.63) is 46.5 Å². The van der Waals surface area contributed by atoms with Gasteiger partial charge in [0.25, 0.3) is 5.91 Å². The molecule has 8 heteroatoms. The molecule has 1 aromatic heterocycles. The highest BCUT2D eigenvalue weighted by Gasteiger charge is 2.21. The maximum atomic E-state index is 13.1. The topological polar surface area (TPSA) is 63.1 Å². The van der Waals surface area contributed by atoms with E-state index in [1.165, 1.54) is 16.8 Å². The SMILES string of the molecule is CCCN1CCC(NC(=O)c2cn(Cc3ccc(F)cc3Cl)nn2)CC1. The number of benzene rings is 1. The summed E-state index contributed by atoms with van der Waals surface area (Å²) in [4.78, 5) is 14.8. The number of likely N-dealkylation sites (tertiary alicyclic amines) is 1. The van der Waals surface area contributed by atoms with Gasteiger partial charge in [0.1, 0.15) is 5.82 Å². The molecule has 1 N–H and O–H groups in total. The molecule has 0 spiro atoms. The number of piperidine rings is 1. The van der Waals surface area contributed by atoms with Crippen LogP contribution >= 0.6 is 11.6 Å². The van der Waals surface area contributed by atoms with Gasteiger partial charge in [-0.25, -0.2) is 9.07 Å². The second kappa shape index (κ2) is 8.60. The molecule has 26 heavy (non-hydrogen) atoms. The lowest BCUT2D eigenvalue weighted by molar-refractivity contribution is 0.0906. The van der Waals surface area contributed by atoms with Crippen LogP contribution in [-0.2, 0) is 6.54 Å². The summed E-state index contributed by atoms with van der Waals surface area (Å²) < 4.78 is 14.6. The molecule has 2 heterocycles. The van der Waals surface area contributed by atoms with E-state index in [-0.39, 0.29) is 23.5 Å². The first kappa shape index (κ1) is 18.8. The predicted octanol–water partition coefficient (Wildman–Crippen LogP) is 2.72. The van der Waals surface area contributed by atoms with Crippen LogP contribution in [0.3, 0.4) is 0 Å². The number of hydrogen-bond donors (Lipinski definition) is 1. The normalized spacial score (nSPS) is 16.0. The predicted molar refractivity (Wildman–Crippen MR) is 97.8 cm³/mol. The molecular weight excluding hydrogens is 357 g/mol. The quantitative estimate of drug-likeness (QED) is 0.838. The van der Waals surface area contributed by atoms with E-state index in [0.29, 0.717) is 17.1 Å². The van der Waals surface area contributed by atoms with Crippen molar-refractivity contribution in [3.8, 4) is 0 Å². The molecule has 1 fully saturated rings. The van der Waals surface area contributed by atoms with E-state index < -0.39 is 0 Å². The molecule has 1 saturated heterocycles. The van der Waals surface area contributed by atoms with E-state index in [4.69, 9.17) is 11.6 Å². The molecule has 0 saturated carbocycles. The van der Waals surface area contributed by atoms with Crippen LogP contribution in [0, 0.1) is 5.82 Å². The van der Waals surface area contributed by atoms with Crippen LogP contribution in [0.15, 0.2) is 24.4 Å². The second-order valence-corrected chi connectivity index (χ2v) is 7.03. The number of halogens is 2. The standard InChI is InChI=1S/C18H23ClFN5O/c1-2-7-24-8-5-15(6-9-24)21-18(26)17-12-25(23-22-17)11-13-3-4-14(20)10-16(13)19/h3-4,10,12,15H,2,5-9,11H2,1H3,(H,21,26). The zero-order valence-corrected chi connectivity index (χ0v) is 15.5. The van der Waals surface area contributed by atoms with Gasteiger partial charge in [0.15, 0.2) is 5.69 Å². The van der Waals surface area contributed by atoms with Gasteiger partial charge in [0.05, 0.1) is 12.7 Å². The van der Waals surface area contributed by atoms with E-state index >= 15 is 0 Å². The molecule has 2 aromatic rings. The molecule has 0 bridgehead atoms. The van der Waals surface area contributed by atoms with E-state index in [9.17, 15) is 9.18 Å². The van der Waals surface area contributed by atoms with Crippen molar-refractivity contribution in [3.63, 3.8) is 0 Å². The second-order valence-electron chi connectivity index (χ2n) is 6.63. The minimum absolute atomic E-state index is 0.173. The first-order valence-corrected chi connectivity index (χ1v) is 9.30. The third kappa shape index (κ3) is 4.80. The van der Waals surface area contributed by atoms with Crippen molar-refractivity contribution in [2.45, 2.75) is 38.8 Å². The number of amides is 1. The van der Waals surface area contributed by atoms with Gasteiger partial charge in [-0.3, -0.25) is 4.79 Å². The van der Waals surface area contributed by atoms with Gasteiger partial charge in [-0.05, 0) is 43.5 Å². The number of rotatable bonds is 6. The summed E-state index contributed by atoms with van der Waals surface area (Å²) in [5.41, 5.74) is 0.993. The maximum absolute atomic E-state index is 13.1. The minimum Gasteiger partial charge on any atom is -0.348 e. The first-order valence-electron chi connectivity index (χ1n) is 8.92. The Morgan fingerprint density at radius 3 is 2.85 bits per heavy atom. The minimum atomic E-state index is -0.387. The largest absolute Gasteiger partial charge is 0.348 e. The molecule has 3 rings (SSSR count). The molecule has 0 aliphatic carbocycles. The lowest BCUT2D eigenvalue weighted by atomic mass is 10.0. The molecule has 140 valence electrons. The molecule has 0 radical (unpaired) electrons. The van der Waals surface area contributed by atoms with Gasteiger partial charge in [0, 0.05) is 24.2 Å². The Bertz CT molecular complexity index is 758. The average Bonchev–Trinajstić information content (AvgIpc) is 3.08. The third-order valence-electron chi connectivity index (χ3n) is 4.58. The molecule has 1 aliphatic heterocycles. The summed E-state index contributed by atoms with van der Waals surface area (Å²) in [7, 11) is 0. The molecule has 1 aliphatic rings. The highest BCUT2D eigenvalue weighted by molar-refractivity contribution is 6.31. The molecular formula is C18H23ClFN5O. The fourth-order valence-electron chi connectivity index (χ4n) is 3.18. The van der Waals surface area contributed by atoms with E-state index in [0.717, 1.165) is 38.9 Å². The Balaban J connectivity index is 1.55. The fourth-order valence-corrected chi connectivity index (χ4v) is 3.41. The van der Waals surface area contributed by atoms with E-state index in [1.807, 2.05) is 0 Å². The summed E-state index contributed by atoms with van der Waals surface area (Å²) in [6.07, 6.45) is 4.63. The molecule has 0 atom stereocenters. The van der Waals surface area contributed by atoms with Crippen LogP contribution in [0.4, 0.5) is 4.39 Å². The zero-order valence-electron chi connectivity index (χ0n) is 14.8. The van der Waals surface area contributed by atoms with Crippen LogP contribution in [-0.4, -0.2) is 51.5 Å². The summed E-state index contributed by atoms with van der Waals surface area (Å²) >= 11 is 6.03. The zero-order chi connectivity index (χ0) is 18.5. The smallest absolute Gasteiger partial charge is 0.273 e. The molecule has 6 nitrogen and oxygen atoms in total. The molecule has 1 aromatic carbocycles. The van der Waals surface area contributed by atoms with Crippen molar-refractivity contribution in [1.82, 2.24) is 25.2 Å². The van der Waals surface area contributed by atoms with E-state index in [1.54, 1.807) is 12.3 Å². The molecule has 0 unspecified atom stereocenters. The Labute approximate surface area is 157 Å². The summed E-state index contributed by atoms with van der Waals surface area (Å²) in [6.45, 7) is 5.63. The van der Waals surface area contributed by atoms with Gasteiger partial charge in [-0.1, -0.05) is 29.8 Å². The Morgan fingerprint density at radius 2 is 2.15 bits per heavy atom. The molecule has 1 amide bonds. The van der Waals surface area contributed by atoms with Crippen LogP contribution in [0.2, 0.25) is 5.02 Å². The van der Waals surface area contributed by atoms with E-state index in [2.05, 4.69) is 27.5 Å². The lowest BCUT2D eigenvalue weighted by Gasteiger charge is -2.31. The van der Waals surface area contributed by atoms with Gasteiger partial charge < -0.3 is 10.2 Å². The van der Waals surface area contributed by atoms with Crippen LogP contribution in [0.25, 0.3) is 0 Å². The average molecular weight is 380 g/mol.